The lowest BCUT2D eigenvalue weighted by atomic mass is 9.55. The van der Waals surface area contributed by atoms with Crippen molar-refractivity contribution in [1.82, 2.24) is 4.90 Å². The summed E-state index contributed by atoms with van der Waals surface area (Å²) in [5, 5.41) is 36.5. The Morgan fingerprint density at radius 2 is 1.74 bits per heavy atom. The zero-order valence-corrected chi connectivity index (χ0v) is 36.8. The molecule has 1 amide bonds. The van der Waals surface area contributed by atoms with Crippen LogP contribution in [0.2, 0.25) is 0 Å². The molecule has 0 radical (unpaired) electrons. The lowest BCUT2D eigenvalue weighted by Gasteiger charge is -2.60. The molecule has 0 saturated heterocycles. The predicted molar refractivity (Wildman–Crippen MR) is 238 cm³/mol. The Bertz CT molecular complexity index is 2100. The molecule has 0 aromatic heterocycles. The van der Waals surface area contributed by atoms with Gasteiger partial charge < -0.3 is 38.9 Å². The van der Waals surface area contributed by atoms with Gasteiger partial charge in [-0.3, -0.25) is 14.9 Å². The number of allylic oxidation sites excluding steroid dienone is 1. The quantitative estimate of drug-likeness (QED) is 0.0457. The third-order valence-corrected chi connectivity index (χ3v) is 12.0. The van der Waals surface area contributed by atoms with Crippen LogP contribution in [-0.4, -0.2) is 82.6 Å². The molecule has 62 heavy (non-hydrogen) atoms. The highest BCUT2D eigenvalue weighted by Crippen LogP contribution is 2.62. The summed E-state index contributed by atoms with van der Waals surface area (Å²) in [4.78, 5) is 34.3. The van der Waals surface area contributed by atoms with E-state index in [1.165, 1.54) is 12.1 Å². The van der Waals surface area contributed by atoms with Gasteiger partial charge in [0, 0.05) is 43.7 Å². The van der Waals surface area contributed by atoms with Gasteiger partial charge in [-0.15, -0.1) is 6.58 Å². The summed E-state index contributed by atoms with van der Waals surface area (Å²) < 4.78 is 26.3. The van der Waals surface area contributed by atoms with Crippen molar-refractivity contribution in [2.24, 2.45) is 22.9 Å². The average Bonchev–Trinajstić information content (AvgIpc) is 3.25. The number of rotatable bonds is 21. The van der Waals surface area contributed by atoms with Crippen molar-refractivity contribution in [3.8, 4) is 23.0 Å². The molecular weight excluding hydrogens is 791 g/mol. The number of non-ortho nitro benzene ring substituents is 1. The van der Waals surface area contributed by atoms with Crippen molar-refractivity contribution in [2.45, 2.75) is 109 Å². The summed E-state index contributed by atoms with van der Waals surface area (Å²) >= 11 is 0. The van der Waals surface area contributed by atoms with Crippen LogP contribution in [0.15, 0.2) is 96.2 Å². The molecule has 2 N–H and O–H groups in total. The third kappa shape index (κ3) is 10.5. The molecule has 334 valence electrons. The average molecular weight is 854 g/mol. The molecule has 3 aromatic carbocycles. The van der Waals surface area contributed by atoms with Crippen molar-refractivity contribution in [3.63, 3.8) is 0 Å². The highest BCUT2D eigenvalue weighted by atomic mass is 16.7. The number of amides is 1. The van der Waals surface area contributed by atoms with Gasteiger partial charge in [0.05, 0.1) is 42.8 Å². The third-order valence-electron chi connectivity index (χ3n) is 12.0. The highest BCUT2D eigenvalue weighted by Gasteiger charge is 2.65. The topological polar surface area (TPSA) is 162 Å². The van der Waals surface area contributed by atoms with Gasteiger partial charge in [-0.25, -0.2) is 0 Å². The summed E-state index contributed by atoms with van der Waals surface area (Å²) in [5.74, 6) is -0.186. The number of hydrogen-bond donors (Lipinski definition) is 2. The first-order chi connectivity index (χ1) is 29.9. The molecule has 2 aliphatic carbocycles. The van der Waals surface area contributed by atoms with E-state index in [0.29, 0.717) is 54.5 Å². The lowest BCUT2D eigenvalue weighted by molar-refractivity contribution is -0.384. The zero-order chi connectivity index (χ0) is 44.4. The first-order valence-electron chi connectivity index (χ1n) is 22.0. The standard InChI is InChI=1S/C49H63N3O10/c1-7-23-51(45(55)28-33-15-13-18-36(27-33)58-6)44-32-42(50-62-48(3,4)5)40-29-34(16-9-11-24-53)39(20-10-12-25-54)46-41-31-38(60-37-19-14-17-35(30-37)52(56)57)21-22-43(41)61-49(44,47(40)46)59-26-8-2/h8,13-15,17-19,21-22,27,29-31,34,39,44,46-47,53-54H,2,7,9-12,16,20,23-26,28,32H2,1,3-6H3. The number of carbonyl (C=O) groups is 1. The molecule has 13 heteroatoms. The maximum atomic E-state index is 14.9. The lowest BCUT2D eigenvalue weighted by Crippen LogP contribution is -2.70. The van der Waals surface area contributed by atoms with Crippen LogP contribution in [-0.2, 0) is 20.8 Å². The van der Waals surface area contributed by atoms with E-state index in [0.717, 1.165) is 42.4 Å². The number of aliphatic hydroxyl groups excluding tert-OH is 2. The molecule has 1 aliphatic heterocycles. The Kier molecular flexibility index (Phi) is 15.5. The highest BCUT2D eigenvalue weighted by molar-refractivity contribution is 6.03. The van der Waals surface area contributed by atoms with Crippen molar-refractivity contribution in [2.75, 3.05) is 33.5 Å². The van der Waals surface area contributed by atoms with Crippen LogP contribution in [0.25, 0.3) is 0 Å². The number of unbranched alkanes of at least 4 members (excludes halogenated alkanes) is 2. The van der Waals surface area contributed by atoms with E-state index in [2.05, 4.69) is 12.7 Å². The van der Waals surface area contributed by atoms with E-state index in [4.69, 9.17) is 28.9 Å². The van der Waals surface area contributed by atoms with E-state index in [9.17, 15) is 25.1 Å². The number of nitrogens with zero attached hydrogens (tertiary/aromatic N) is 3. The molecule has 3 aliphatic rings. The van der Waals surface area contributed by atoms with Gasteiger partial charge in [-0.2, -0.15) is 0 Å². The van der Waals surface area contributed by atoms with Gasteiger partial charge >= 0.3 is 0 Å². The molecule has 1 saturated carbocycles. The number of oxime groups is 1. The minimum Gasteiger partial charge on any atom is -0.497 e. The fourth-order valence-electron chi connectivity index (χ4n) is 9.45. The van der Waals surface area contributed by atoms with Gasteiger partial charge in [0.2, 0.25) is 11.7 Å². The number of benzene rings is 3. The van der Waals surface area contributed by atoms with Gasteiger partial charge in [0.15, 0.2) is 0 Å². The van der Waals surface area contributed by atoms with Crippen LogP contribution in [0.4, 0.5) is 5.69 Å². The van der Waals surface area contributed by atoms with Crippen LogP contribution in [0.1, 0.15) is 96.1 Å². The van der Waals surface area contributed by atoms with Crippen molar-refractivity contribution < 1.29 is 43.7 Å². The second-order valence-corrected chi connectivity index (χ2v) is 17.4. The van der Waals surface area contributed by atoms with E-state index in [-0.39, 0.29) is 62.0 Å². The van der Waals surface area contributed by atoms with Gasteiger partial charge in [-0.05, 0) is 112 Å². The number of nitro benzene ring substituents is 1. The Hall–Kier alpha value is -5.24. The Balaban J connectivity index is 1.59. The fraction of sp³-hybridized carbons (Fsp3) is 0.510. The van der Waals surface area contributed by atoms with Crippen molar-refractivity contribution >= 4 is 17.3 Å². The molecule has 6 atom stereocenters. The monoisotopic (exact) mass is 853 g/mol. The van der Waals surface area contributed by atoms with Gasteiger partial charge in [0.25, 0.3) is 5.69 Å². The maximum absolute atomic E-state index is 14.9. The number of fused-ring (bicyclic) bond motifs is 2. The van der Waals surface area contributed by atoms with Crippen LogP contribution in [0.3, 0.4) is 0 Å². The van der Waals surface area contributed by atoms with E-state index in [1.54, 1.807) is 31.4 Å². The summed E-state index contributed by atoms with van der Waals surface area (Å²) in [5.41, 5.74) is 2.64. The number of carbonyl (C=O) groups excluding carboxylic acids is 1. The number of methoxy groups -OCH3 is 1. The van der Waals surface area contributed by atoms with Crippen LogP contribution in [0.5, 0.6) is 23.0 Å². The Labute approximate surface area is 365 Å². The summed E-state index contributed by atoms with van der Waals surface area (Å²) in [7, 11) is 1.61. The minimum absolute atomic E-state index is 0.00653. The molecule has 0 bridgehead atoms. The number of aliphatic hydroxyl groups is 2. The second-order valence-electron chi connectivity index (χ2n) is 17.4. The molecule has 13 nitrogen and oxygen atoms in total. The van der Waals surface area contributed by atoms with Gasteiger partial charge in [-0.1, -0.05) is 55.3 Å². The zero-order valence-electron chi connectivity index (χ0n) is 36.8. The van der Waals surface area contributed by atoms with E-state index in [1.807, 2.05) is 69.0 Å². The number of nitro groups is 1. The largest absolute Gasteiger partial charge is 0.497 e. The fourth-order valence-corrected chi connectivity index (χ4v) is 9.45. The Morgan fingerprint density at radius 3 is 2.44 bits per heavy atom. The summed E-state index contributed by atoms with van der Waals surface area (Å²) in [6.45, 7) is 12.6. The normalized spacial score (nSPS) is 23.3. The summed E-state index contributed by atoms with van der Waals surface area (Å²) in [6.07, 6.45) is 9.52. The van der Waals surface area contributed by atoms with Gasteiger partial charge in [0.1, 0.15) is 34.6 Å². The van der Waals surface area contributed by atoms with Crippen LogP contribution < -0.4 is 14.2 Å². The molecular formula is C49H63N3O10. The molecule has 1 heterocycles. The molecule has 6 unspecified atom stereocenters. The smallest absolute Gasteiger partial charge is 0.273 e. The van der Waals surface area contributed by atoms with Crippen LogP contribution >= 0.6 is 0 Å². The molecule has 0 spiro atoms. The van der Waals surface area contributed by atoms with Crippen LogP contribution in [0, 0.1) is 27.9 Å². The van der Waals surface area contributed by atoms with E-state index < -0.39 is 28.3 Å². The first-order valence-corrected chi connectivity index (χ1v) is 22.0. The van der Waals surface area contributed by atoms with Crippen molar-refractivity contribution in [3.05, 3.63) is 112 Å². The summed E-state index contributed by atoms with van der Waals surface area (Å²) in [6, 6.07) is 18.6. The predicted octanol–water partition coefficient (Wildman–Crippen LogP) is 9.31. The Morgan fingerprint density at radius 1 is 1.02 bits per heavy atom. The SMILES string of the molecule is C=CCOC12Oc3ccc(Oc4cccc([N+](=O)[O-])c4)cc3C3C(CCCCO)C(CCCCO)C=C(C(=NOC(C)(C)C)CC1N(CCC)C(=O)Cc1cccc(OC)c1)C32. The molecule has 1 fully saturated rings. The number of ether oxygens (including phenoxy) is 4. The first kappa shape index (κ1) is 46.3. The maximum Gasteiger partial charge on any atom is 0.273 e. The minimum atomic E-state index is -1.41. The van der Waals surface area contributed by atoms with Crippen molar-refractivity contribution in [1.29, 1.82) is 0 Å². The van der Waals surface area contributed by atoms with E-state index >= 15 is 0 Å². The number of hydrogen-bond acceptors (Lipinski definition) is 11. The second kappa shape index (κ2) is 20.8. The molecule has 3 aromatic rings. The molecule has 6 rings (SSSR count).